The number of aromatic nitrogens is 2. The van der Waals surface area contributed by atoms with E-state index in [1.165, 1.54) is 4.90 Å². The Hall–Kier alpha value is -2.70. The van der Waals surface area contributed by atoms with Crippen molar-refractivity contribution in [1.29, 1.82) is 0 Å². The van der Waals surface area contributed by atoms with Crippen LogP contribution in [-0.2, 0) is 0 Å². The van der Waals surface area contributed by atoms with Gasteiger partial charge >= 0.3 is 5.69 Å². The molecule has 2 aromatic rings. The molecule has 22 heavy (non-hydrogen) atoms. The van der Waals surface area contributed by atoms with Crippen molar-refractivity contribution in [2.45, 2.75) is 19.9 Å². The van der Waals surface area contributed by atoms with Crippen LogP contribution < -0.4 is 0 Å². The lowest BCUT2D eigenvalue weighted by Gasteiger charge is -2.31. The number of H-pyrrole nitrogens is 1. The second-order valence-electron chi connectivity index (χ2n) is 5.40. The Morgan fingerprint density at radius 3 is 2.50 bits per heavy atom. The number of nitrogens with zero attached hydrogens (tertiary/aromatic N) is 3. The second-order valence-corrected chi connectivity index (χ2v) is 5.40. The molecule has 0 bridgehead atoms. The molecule has 1 aromatic heterocycles. The zero-order valence-electron chi connectivity index (χ0n) is 12.7. The van der Waals surface area contributed by atoms with E-state index in [9.17, 15) is 14.9 Å². The highest BCUT2D eigenvalue weighted by Crippen LogP contribution is 2.29. The number of rotatable bonds is 5. The molecule has 0 spiro atoms. The van der Waals surface area contributed by atoms with Crippen molar-refractivity contribution in [3.63, 3.8) is 0 Å². The molecule has 2 rings (SSSR count). The molecule has 0 saturated heterocycles. The Morgan fingerprint density at radius 2 is 1.95 bits per heavy atom. The molecule has 116 valence electrons. The standard InChI is InChI=1S/C15H18N4O3/c1-10(2)14(11-7-5-4-6-8-11)18(3)15(20)13-12(19(21)22)9-16-17-13/h4-10,14H,1-3H3,(H,16,17)/t14-/m0/s1. The highest BCUT2D eigenvalue weighted by atomic mass is 16.6. The lowest BCUT2D eigenvalue weighted by molar-refractivity contribution is -0.385. The predicted octanol–water partition coefficient (Wildman–Crippen LogP) is 2.79. The van der Waals surface area contributed by atoms with E-state index in [-0.39, 0.29) is 23.3 Å². The van der Waals surface area contributed by atoms with Crippen LogP contribution in [0.2, 0.25) is 0 Å². The van der Waals surface area contributed by atoms with Crippen LogP contribution in [0.25, 0.3) is 0 Å². The number of hydrogen-bond donors (Lipinski definition) is 1. The topological polar surface area (TPSA) is 92.1 Å². The highest BCUT2D eigenvalue weighted by molar-refractivity contribution is 5.96. The van der Waals surface area contributed by atoms with E-state index >= 15 is 0 Å². The van der Waals surface area contributed by atoms with Gasteiger partial charge in [0.2, 0.25) is 5.69 Å². The summed E-state index contributed by atoms with van der Waals surface area (Å²) in [6.07, 6.45) is 1.05. The largest absolute Gasteiger partial charge is 0.333 e. The maximum Gasteiger partial charge on any atom is 0.319 e. The third-order valence-corrected chi connectivity index (χ3v) is 3.54. The van der Waals surface area contributed by atoms with Gasteiger partial charge in [0, 0.05) is 7.05 Å². The molecule has 0 aliphatic heterocycles. The highest BCUT2D eigenvalue weighted by Gasteiger charge is 2.31. The summed E-state index contributed by atoms with van der Waals surface area (Å²) in [6, 6.07) is 9.41. The SMILES string of the molecule is CC(C)[C@@H](c1ccccc1)N(C)C(=O)c1[nH]ncc1[N+](=O)[O-]. The molecule has 1 heterocycles. The molecule has 7 heteroatoms. The van der Waals surface area contributed by atoms with Gasteiger partial charge in [-0.2, -0.15) is 5.10 Å². The van der Waals surface area contributed by atoms with Crippen LogP contribution >= 0.6 is 0 Å². The van der Waals surface area contributed by atoms with Crippen molar-refractivity contribution in [3.05, 3.63) is 57.9 Å². The van der Waals surface area contributed by atoms with Crippen molar-refractivity contribution in [2.75, 3.05) is 7.05 Å². The molecule has 7 nitrogen and oxygen atoms in total. The molecule has 1 N–H and O–H groups in total. The van der Waals surface area contributed by atoms with Gasteiger partial charge in [-0.25, -0.2) is 0 Å². The molecule has 1 amide bonds. The number of carbonyl (C=O) groups excluding carboxylic acids is 1. The van der Waals surface area contributed by atoms with Gasteiger partial charge in [0.05, 0.1) is 11.0 Å². The molecule has 0 radical (unpaired) electrons. The second kappa shape index (κ2) is 6.38. The maximum absolute atomic E-state index is 12.6. The van der Waals surface area contributed by atoms with Gasteiger partial charge in [-0.15, -0.1) is 0 Å². The van der Waals surface area contributed by atoms with Crippen LogP contribution in [0.4, 0.5) is 5.69 Å². The number of nitro groups is 1. The van der Waals surface area contributed by atoms with Gasteiger partial charge in [0.15, 0.2) is 0 Å². The van der Waals surface area contributed by atoms with Crippen LogP contribution in [0.1, 0.15) is 35.9 Å². The van der Waals surface area contributed by atoms with Gasteiger partial charge in [0.1, 0.15) is 6.20 Å². The van der Waals surface area contributed by atoms with E-state index in [0.29, 0.717) is 0 Å². The number of benzene rings is 1. The molecule has 1 atom stereocenters. The third-order valence-electron chi connectivity index (χ3n) is 3.54. The van der Waals surface area contributed by atoms with E-state index in [2.05, 4.69) is 10.2 Å². The first-order chi connectivity index (χ1) is 10.4. The molecule has 0 aliphatic rings. The fraction of sp³-hybridized carbons (Fsp3) is 0.333. The van der Waals surface area contributed by atoms with Crippen LogP contribution in [-0.4, -0.2) is 33.0 Å². The van der Waals surface area contributed by atoms with Crippen molar-refractivity contribution >= 4 is 11.6 Å². The smallest absolute Gasteiger partial charge is 0.319 e. The lowest BCUT2D eigenvalue weighted by Crippen LogP contribution is -2.34. The van der Waals surface area contributed by atoms with Gasteiger partial charge in [-0.3, -0.25) is 20.0 Å². The average molecular weight is 302 g/mol. The van der Waals surface area contributed by atoms with Crippen LogP contribution in [0.5, 0.6) is 0 Å². The minimum atomic E-state index is -0.614. The van der Waals surface area contributed by atoms with E-state index < -0.39 is 10.8 Å². The quantitative estimate of drug-likeness (QED) is 0.679. The Bertz CT molecular complexity index is 666. The summed E-state index contributed by atoms with van der Waals surface area (Å²) in [5, 5.41) is 17.0. The molecule has 0 aliphatic carbocycles. The normalized spacial score (nSPS) is 12.2. The Balaban J connectivity index is 2.35. The number of carbonyl (C=O) groups is 1. The van der Waals surface area contributed by atoms with Crippen molar-refractivity contribution in [1.82, 2.24) is 15.1 Å². The zero-order chi connectivity index (χ0) is 16.3. The molecule has 1 aromatic carbocycles. The molecule has 0 saturated carbocycles. The fourth-order valence-electron chi connectivity index (χ4n) is 2.58. The Kier molecular flexibility index (Phi) is 4.55. The minimum Gasteiger partial charge on any atom is -0.333 e. The summed E-state index contributed by atoms with van der Waals surface area (Å²) >= 11 is 0. The van der Waals surface area contributed by atoms with Crippen molar-refractivity contribution in [2.24, 2.45) is 5.92 Å². The van der Waals surface area contributed by atoms with E-state index in [1.807, 2.05) is 44.2 Å². The first-order valence-electron chi connectivity index (χ1n) is 6.93. The number of amides is 1. The summed E-state index contributed by atoms with van der Waals surface area (Å²) in [5.41, 5.74) is 0.567. The molecule has 0 unspecified atom stereocenters. The van der Waals surface area contributed by atoms with Gasteiger partial charge in [-0.05, 0) is 11.5 Å². The summed E-state index contributed by atoms with van der Waals surface area (Å²) in [6.45, 7) is 4.01. The zero-order valence-corrected chi connectivity index (χ0v) is 12.7. The van der Waals surface area contributed by atoms with Gasteiger partial charge in [0.25, 0.3) is 5.91 Å². The molecular formula is C15H18N4O3. The maximum atomic E-state index is 12.6. The molecular weight excluding hydrogens is 284 g/mol. The predicted molar refractivity (Wildman–Crippen MR) is 81.4 cm³/mol. The van der Waals surface area contributed by atoms with Gasteiger partial charge in [-0.1, -0.05) is 44.2 Å². The van der Waals surface area contributed by atoms with E-state index in [0.717, 1.165) is 11.8 Å². The number of hydrogen-bond acceptors (Lipinski definition) is 4. The fourth-order valence-corrected chi connectivity index (χ4v) is 2.58. The summed E-state index contributed by atoms with van der Waals surface area (Å²) in [5.74, 6) is -0.301. The van der Waals surface area contributed by atoms with Crippen LogP contribution in [0, 0.1) is 16.0 Å². The third kappa shape index (κ3) is 2.98. The molecule has 0 fully saturated rings. The monoisotopic (exact) mass is 302 g/mol. The van der Waals surface area contributed by atoms with Crippen LogP contribution in [0.3, 0.4) is 0 Å². The van der Waals surface area contributed by atoms with Crippen molar-refractivity contribution in [3.8, 4) is 0 Å². The first kappa shape index (κ1) is 15.7. The van der Waals surface area contributed by atoms with E-state index in [4.69, 9.17) is 0 Å². The summed E-state index contributed by atoms with van der Waals surface area (Å²) < 4.78 is 0. The average Bonchev–Trinajstić information content (AvgIpc) is 2.97. The summed E-state index contributed by atoms with van der Waals surface area (Å²) in [7, 11) is 1.64. The van der Waals surface area contributed by atoms with E-state index in [1.54, 1.807) is 7.05 Å². The van der Waals surface area contributed by atoms with Gasteiger partial charge < -0.3 is 4.90 Å². The lowest BCUT2D eigenvalue weighted by atomic mass is 9.94. The Labute approximate surface area is 128 Å². The summed E-state index contributed by atoms with van der Waals surface area (Å²) in [4.78, 5) is 24.5. The number of aromatic amines is 1. The first-order valence-corrected chi connectivity index (χ1v) is 6.93. The number of nitrogens with one attached hydrogen (secondary N) is 1. The minimum absolute atomic E-state index is 0.103. The van der Waals surface area contributed by atoms with Crippen LogP contribution in [0.15, 0.2) is 36.5 Å². The Morgan fingerprint density at radius 1 is 1.32 bits per heavy atom. The van der Waals surface area contributed by atoms with Crippen molar-refractivity contribution < 1.29 is 9.72 Å².